The van der Waals surface area contributed by atoms with Gasteiger partial charge in [-0.3, -0.25) is 9.59 Å². The number of benzene rings is 1. The monoisotopic (exact) mass is 460 g/mol. The zero-order chi connectivity index (χ0) is 23.8. The summed E-state index contributed by atoms with van der Waals surface area (Å²) in [5, 5.41) is 0. The molecule has 0 aromatic heterocycles. The third kappa shape index (κ3) is 6.40. The molecular formula is C26H40N2O5. The molecule has 1 aromatic carbocycles. The van der Waals surface area contributed by atoms with Crippen LogP contribution in [0.2, 0.25) is 0 Å². The average molecular weight is 461 g/mol. The van der Waals surface area contributed by atoms with Crippen LogP contribution in [0.15, 0.2) is 18.2 Å². The zero-order valence-electron chi connectivity index (χ0n) is 20.7. The molecule has 1 aliphatic heterocycles. The summed E-state index contributed by atoms with van der Waals surface area (Å²) in [6, 6.07) is 5.07. The molecule has 3 rings (SSSR count). The van der Waals surface area contributed by atoms with Crippen LogP contribution in [0.25, 0.3) is 0 Å². The Morgan fingerprint density at radius 2 is 1.79 bits per heavy atom. The molecular weight excluding hydrogens is 420 g/mol. The van der Waals surface area contributed by atoms with E-state index in [-0.39, 0.29) is 30.5 Å². The molecule has 2 fully saturated rings. The van der Waals surface area contributed by atoms with Gasteiger partial charge in [0.25, 0.3) is 5.91 Å². The molecule has 7 heteroatoms. The smallest absolute Gasteiger partial charge is 0.250 e. The van der Waals surface area contributed by atoms with Crippen LogP contribution in [0.5, 0.6) is 11.5 Å². The molecule has 0 N–H and O–H groups in total. The van der Waals surface area contributed by atoms with Gasteiger partial charge in [0, 0.05) is 25.8 Å². The number of nitrogens with zero attached hydrogens (tertiary/aromatic N) is 2. The fraction of sp³-hybridized carbons (Fsp3) is 0.692. The van der Waals surface area contributed by atoms with Gasteiger partial charge in [0.15, 0.2) is 11.5 Å². The second-order valence-electron chi connectivity index (χ2n) is 9.23. The van der Waals surface area contributed by atoms with Crippen molar-refractivity contribution < 1.29 is 23.8 Å². The second kappa shape index (κ2) is 12.3. The number of carbonyl (C=O) groups is 2. The van der Waals surface area contributed by atoms with Gasteiger partial charge in [0.1, 0.15) is 12.6 Å². The highest BCUT2D eigenvalue weighted by atomic mass is 16.5. The van der Waals surface area contributed by atoms with Gasteiger partial charge in [-0.2, -0.15) is 0 Å². The van der Waals surface area contributed by atoms with Crippen LogP contribution >= 0.6 is 0 Å². The molecule has 0 spiro atoms. The number of rotatable bonds is 10. The maximum absolute atomic E-state index is 13.9. The van der Waals surface area contributed by atoms with Gasteiger partial charge in [0.05, 0.1) is 13.2 Å². The lowest BCUT2D eigenvalue weighted by Crippen LogP contribution is -2.58. The topological polar surface area (TPSA) is 68.3 Å². The van der Waals surface area contributed by atoms with Gasteiger partial charge < -0.3 is 24.0 Å². The maximum Gasteiger partial charge on any atom is 0.250 e. The third-order valence-electron chi connectivity index (χ3n) is 6.48. The average Bonchev–Trinajstić information content (AvgIpc) is 3.08. The Bertz CT molecular complexity index is 789. The Kier molecular flexibility index (Phi) is 9.41. The minimum absolute atomic E-state index is 0.00168. The van der Waals surface area contributed by atoms with Crippen LogP contribution < -0.4 is 9.47 Å². The van der Waals surface area contributed by atoms with Crippen molar-refractivity contribution in [1.82, 2.24) is 9.80 Å². The summed E-state index contributed by atoms with van der Waals surface area (Å²) < 4.78 is 16.9. The van der Waals surface area contributed by atoms with Crippen LogP contribution in [0.1, 0.15) is 77.3 Å². The predicted molar refractivity (Wildman–Crippen MR) is 128 cm³/mol. The molecule has 184 valence electrons. The van der Waals surface area contributed by atoms with Gasteiger partial charge in [-0.05, 0) is 57.7 Å². The minimum Gasteiger partial charge on any atom is -0.493 e. The first-order chi connectivity index (χ1) is 16.0. The van der Waals surface area contributed by atoms with Gasteiger partial charge >= 0.3 is 0 Å². The lowest BCUT2D eigenvalue weighted by Gasteiger charge is -2.43. The summed E-state index contributed by atoms with van der Waals surface area (Å²) in [6.45, 7) is 7.73. The summed E-state index contributed by atoms with van der Waals surface area (Å²) in [7, 11) is 1.60. The largest absolute Gasteiger partial charge is 0.493 e. The molecule has 2 amide bonds. The maximum atomic E-state index is 13.9. The van der Waals surface area contributed by atoms with Crippen LogP contribution in [0.4, 0.5) is 0 Å². The van der Waals surface area contributed by atoms with E-state index in [2.05, 4.69) is 0 Å². The molecule has 0 bridgehead atoms. The number of hydrogen-bond donors (Lipinski definition) is 0. The van der Waals surface area contributed by atoms with Crippen molar-refractivity contribution >= 4 is 11.8 Å². The van der Waals surface area contributed by atoms with Gasteiger partial charge in [-0.15, -0.1) is 0 Å². The molecule has 7 nitrogen and oxygen atoms in total. The first-order valence-corrected chi connectivity index (χ1v) is 12.5. The van der Waals surface area contributed by atoms with Gasteiger partial charge in [-0.1, -0.05) is 31.7 Å². The molecule has 1 atom stereocenters. The molecule has 1 aromatic rings. The molecule has 0 unspecified atom stereocenters. The van der Waals surface area contributed by atoms with Crippen molar-refractivity contribution in [2.75, 3.05) is 33.4 Å². The fourth-order valence-electron chi connectivity index (χ4n) is 4.89. The predicted octanol–water partition coefficient (Wildman–Crippen LogP) is 4.34. The van der Waals surface area contributed by atoms with E-state index in [9.17, 15) is 9.59 Å². The first kappa shape index (κ1) is 25.3. The SMILES string of the molecule is CCOCCCN1C(=O)CN(C2CCCCCC2)C(=O)[C@H]1c1ccc(OC(C)C)c(OC)c1. The Labute approximate surface area is 198 Å². The van der Waals surface area contributed by atoms with Crippen LogP contribution in [0, 0.1) is 0 Å². The number of ether oxygens (including phenoxy) is 3. The molecule has 1 aliphatic carbocycles. The van der Waals surface area contributed by atoms with E-state index in [1.165, 1.54) is 12.8 Å². The Morgan fingerprint density at radius 3 is 2.42 bits per heavy atom. The van der Waals surface area contributed by atoms with Gasteiger partial charge in [-0.25, -0.2) is 0 Å². The van der Waals surface area contributed by atoms with E-state index in [0.29, 0.717) is 37.7 Å². The van der Waals surface area contributed by atoms with Crippen LogP contribution in [0.3, 0.4) is 0 Å². The Balaban J connectivity index is 1.91. The summed E-state index contributed by atoms with van der Waals surface area (Å²) in [6.07, 6.45) is 7.27. The third-order valence-corrected chi connectivity index (χ3v) is 6.48. The minimum atomic E-state index is -0.655. The number of piperazine rings is 1. The fourth-order valence-corrected chi connectivity index (χ4v) is 4.89. The number of carbonyl (C=O) groups excluding carboxylic acids is 2. The van der Waals surface area contributed by atoms with E-state index in [0.717, 1.165) is 31.2 Å². The van der Waals surface area contributed by atoms with E-state index >= 15 is 0 Å². The highest BCUT2D eigenvalue weighted by molar-refractivity contribution is 5.96. The molecule has 0 radical (unpaired) electrons. The van der Waals surface area contributed by atoms with E-state index in [1.807, 2.05) is 43.9 Å². The van der Waals surface area contributed by atoms with Crippen molar-refractivity contribution in [2.24, 2.45) is 0 Å². The van der Waals surface area contributed by atoms with Crippen molar-refractivity contribution in [1.29, 1.82) is 0 Å². The van der Waals surface area contributed by atoms with Gasteiger partial charge in [0.2, 0.25) is 5.91 Å². The molecule has 1 saturated carbocycles. The molecule has 1 saturated heterocycles. The number of methoxy groups -OCH3 is 1. The summed E-state index contributed by atoms with van der Waals surface area (Å²) in [5.41, 5.74) is 0.760. The van der Waals surface area contributed by atoms with E-state index < -0.39 is 6.04 Å². The summed E-state index contributed by atoms with van der Waals surface area (Å²) in [4.78, 5) is 30.8. The summed E-state index contributed by atoms with van der Waals surface area (Å²) >= 11 is 0. The number of amides is 2. The molecule has 33 heavy (non-hydrogen) atoms. The highest BCUT2D eigenvalue weighted by Gasteiger charge is 2.42. The van der Waals surface area contributed by atoms with E-state index in [1.54, 1.807) is 12.0 Å². The molecule has 2 aliphatic rings. The van der Waals surface area contributed by atoms with Crippen LogP contribution in [-0.2, 0) is 14.3 Å². The lowest BCUT2D eigenvalue weighted by atomic mass is 9.97. The standard InChI is InChI=1S/C26H40N2O5/c1-5-32-16-10-15-27-24(29)18-28(21-11-8-6-7-9-12-21)26(30)25(27)20-13-14-22(33-19(2)3)23(17-20)31-4/h13-14,17,19,21,25H,5-12,15-16,18H2,1-4H3/t25-/m1/s1. The lowest BCUT2D eigenvalue weighted by molar-refractivity contribution is -0.159. The highest BCUT2D eigenvalue weighted by Crippen LogP contribution is 2.36. The van der Waals surface area contributed by atoms with Crippen molar-refractivity contribution in [3.8, 4) is 11.5 Å². The zero-order valence-corrected chi connectivity index (χ0v) is 20.7. The van der Waals surface area contributed by atoms with Crippen molar-refractivity contribution in [2.45, 2.75) is 83.9 Å². The van der Waals surface area contributed by atoms with Crippen molar-refractivity contribution in [3.05, 3.63) is 23.8 Å². The second-order valence-corrected chi connectivity index (χ2v) is 9.23. The quantitative estimate of drug-likeness (QED) is 0.384. The summed E-state index contributed by atoms with van der Waals surface area (Å²) in [5.74, 6) is 1.22. The van der Waals surface area contributed by atoms with Crippen LogP contribution in [-0.4, -0.2) is 67.2 Å². The first-order valence-electron chi connectivity index (χ1n) is 12.5. The van der Waals surface area contributed by atoms with E-state index in [4.69, 9.17) is 14.2 Å². The Morgan fingerprint density at radius 1 is 1.06 bits per heavy atom. The molecule has 1 heterocycles. The number of hydrogen-bond acceptors (Lipinski definition) is 5. The van der Waals surface area contributed by atoms with Crippen molar-refractivity contribution in [3.63, 3.8) is 0 Å². The Hall–Kier alpha value is -2.28. The normalized spacial score (nSPS) is 20.3.